The molecule has 0 spiro atoms. The van der Waals surface area contributed by atoms with E-state index in [0.29, 0.717) is 6.67 Å². The van der Waals surface area contributed by atoms with Crippen molar-refractivity contribution in [3.63, 3.8) is 0 Å². The highest BCUT2D eigenvalue weighted by molar-refractivity contribution is 6.11. The Hall–Kier alpha value is -8.67. The first kappa shape index (κ1) is 44.3. The maximum absolute atomic E-state index is 6.93. The molecule has 0 saturated heterocycles. The van der Waals surface area contributed by atoms with Gasteiger partial charge in [0, 0.05) is 45.3 Å². The molecule has 4 heterocycles. The molecule has 0 unspecified atom stereocenters. The van der Waals surface area contributed by atoms with Crippen LogP contribution in [0.5, 0.6) is 11.5 Å². The SMILES string of the molecule is CC(C)(C)c1cccc(-c2cc(C(C)(C)C)cc3c2N2CN(c4cccc(c4)Oc4ccc5c6cc(-c7ccccc7)ccc6n(c5c4)-c4cccc(n4)-c4cccc(c4)-c4ccccc4-3)c3ccccc32)c1. The average Bonchev–Trinajstić information content (AvgIpc) is 3.96. The van der Waals surface area contributed by atoms with Crippen LogP contribution in [-0.2, 0) is 10.8 Å². The molecule has 0 radical (unpaired) electrons. The zero-order valence-electron chi connectivity index (χ0n) is 42.2. The van der Waals surface area contributed by atoms with E-state index in [1.165, 1.54) is 50.2 Å². The molecule has 13 rings (SSSR count). The van der Waals surface area contributed by atoms with E-state index in [2.05, 4.69) is 274 Å². The van der Waals surface area contributed by atoms with E-state index < -0.39 is 0 Å². The van der Waals surface area contributed by atoms with Crippen LogP contribution in [0, 0.1) is 0 Å². The van der Waals surface area contributed by atoms with Crippen LogP contribution in [0.25, 0.3) is 83.4 Å². The van der Waals surface area contributed by atoms with Gasteiger partial charge in [0.05, 0.1) is 33.8 Å². The molecule has 9 aromatic carbocycles. The molecule has 0 amide bonds. The van der Waals surface area contributed by atoms with E-state index in [-0.39, 0.29) is 10.8 Å². The summed E-state index contributed by atoms with van der Waals surface area (Å²) in [5, 5.41) is 2.29. The first-order valence-electron chi connectivity index (χ1n) is 25.5. The predicted octanol–water partition coefficient (Wildman–Crippen LogP) is 18.5. The highest BCUT2D eigenvalue weighted by Crippen LogP contribution is 2.53. The molecule has 2 aromatic heterocycles. The maximum atomic E-state index is 6.93. The molecule has 0 saturated carbocycles. The van der Waals surface area contributed by atoms with Crippen molar-refractivity contribution in [2.75, 3.05) is 16.5 Å². The summed E-state index contributed by atoms with van der Waals surface area (Å²) in [4.78, 5) is 10.5. The summed E-state index contributed by atoms with van der Waals surface area (Å²) in [6.07, 6.45) is 0. The van der Waals surface area contributed by atoms with Gasteiger partial charge in [-0.25, -0.2) is 4.98 Å². The number of rotatable bonds is 2. The van der Waals surface area contributed by atoms with Crippen molar-refractivity contribution >= 4 is 44.6 Å². The fourth-order valence-corrected chi connectivity index (χ4v) is 11.1. The van der Waals surface area contributed by atoms with Gasteiger partial charge in [-0.05, 0) is 134 Å². The molecule has 0 fully saturated rings. The molecule has 354 valence electrons. The number of anilines is 4. The second kappa shape index (κ2) is 17.0. The van der Waals surface area contributed by atoms with Crippen LogP contribution < -0.4 is 14.5 Å². The van der Waals surface area contributed by atoms with E-state index in [0.717, 1.165) is 78.6 Å². The Balaban J connectivity index is 1.09. The van der Waals surface area contributed by atoms with Gasteiger partial charge in [-0.2, -0.15) is 0 Å². The van der Waals surface area contributed by atoms with Crippen molar-refractivity contribution in [2.24, 2.45) is 0 Å². The summed E-state index contributed by atoms with van der Waals surface area (Å²) in [5.74, 6) is 2.35. The highest BCUT2D eigenvalue weighted by atomic mass is 16.5. The second-order valence-electron chi connectivity index (χ2n) is 21.7. The third-order valence-corrected chi connectivity index (χ3v) is 14.9. The van der Waals surface area contributed by atoms with Crippen LogP contribution >= 0.6 is 0 Å². The van der Waals surface area contributed by atoms with Crippen LogP contribution in [0.3, 0.4) is 0 Å². The van der Waals surface area contributed by atoms with Gasteiger partial charge in [0.1, 0.15) is 24.0 Å². The second-order valence-corrected chi connectivity index (χ2v) is 21.7. The standard InChI is InChI=1S/C68H56N4O/c1-67(2,3)49-23-15-21-47(37-49)57-39-50(68(4,5)6)40-59-55-27-11-10-26-54(55)46-20-14-22-48(36-46)60-28-17-31-65(69-60)72-61-35-32-45(44-18-8-7-9-19-44)38-58(61)56-34-33-53(42-64(56)72)73-52-25-16-24-51(41-52)70-43-71(66(57)59)63-30-13-12-29-62(63)70/h7-42H,43H2,1-6H3. The van der Waals surface area contributed by atoms with Crippen LogP contribution in [0.15, 0.2) is 218 Å². The Bertz CT molecular complexity index is 3960. The molecule has 2 aliphatic heterocycles. The van der Waals surface area contributed by atoms with E-state index >= 15 is 0 Å². The van der Waals surface area contributed by atoms with Crippen LogP contribution in [0.4, 0.5) is 22.7 Å². The number of pyridine rings is 1. The molecule has 11 aromatic rings. The minimum Gasteiger partial charge on any atom is -0.457 e. The highest BCUT2D eigenvalue weighted by Gasteiger charge is 2.34. The Morgan fingerprint density at radius 1 is 0.397 bits per heavy atom. The van der Waals surface area contributed by atoms with Crippen molar-refractivity contribution in [1.29, 1.82) is 0 Å². The number of ether oxygens (including phenoxy) is 1. The molecule has 0 atom stereocenters. The molecular formula is C68H56N4O. The van der Waals surface area contributed by atoms with Crippen LogP contribution in [0.2, 0.25) is 0 Å². The summed E-state index contributed by atoms with van der Waals surface area (Å²) in [6.45, 7) is 14.5. The number of nitrogens with zero attached hydrogens (tertiary/aromatic N) is 4. The molecule has 2 aliphatic rings. The largest absolute Gasteiger partial charge is 0.457 e. The smallest absolute Gasteiger partial charge is 0.138 e. The summed E-state index contributed by atoms with van der Waals surface area (Å²) < 4.78 is 9.22. The fourth-order valence-electron chi connectivity index (χ4n) is 11.1. The summed E-state index contributed by atoms with van der Waals surface area (Å²) in [6, 6.07) is 79.7. The normalized spacial score (nSPS) is 13.1. The summed E-state index contributed by atoms with van der Waals surface area (Å²) in [5.41, 5.74) is 20.3. The monoisotopic (exact) mass is 944 g/mol. The first-order valence-corrected chi connectivity index (χ1v) is 25.5. The molecule has 73 heavy (non-hydrogen) atoms. The van der Waals surface area contributed by atoms with Gasteiger partial charge in [0.15, 0.2) is 0 Å². The van der Waals surface area contributed by atoms with E-state index in [1.54, 1.807) is 0 Å². The number of aromatic nitrogens is 2. The van der Waals surface area contributed by atoms with Crippen molar-refractivity contribution in [3.05, 3.63) is 230 Å². The molecule has 10 bridgehead atoms. The number of hydrogen-bond acceptors (Lipinski definition) is 4. The van der Waals surface area contributed by atoms with Crippen LogP contribution in [-0.4, -0.2) is 16.2 Å². The molecule has 0 aliphatic carbocycles. The molecular weight excluding hydrogens is 889 g/mol. The van der Waals surface area contributed by atoms with Gasteiger partial charge < -0.3 is 14.5 Å². The number of benzene rings is 9. The zero-order chi connectivity index (χ0) is 49.6. The van der Waals surface area contributed by atoms with Gasteiger partial charge >= 0.3 is 0 Å². The Morgan fingerprint density at radius 2 is 1.05 bits per heavy atom. The quantitative estimate of drug-likeness (QED) is 0.173. The van der Waals surface area contributed by atoms with Crippen molar-refractivity contribution in [2.45, 2.75) is 52.4 Å². The van der Waals surface area contributed by atoms with Crippen molar-refractivity contribution in [1.82, 2.24) is 9.55 Å². The third-order valence-electron chi connectivity index (χ3n) is 14.9. The van der Waals surface area contributed by atoms with Gasteiger partial charge in [-0.3, -0.25) is 4.57 Å². The minimum atomic E-state index is -0.145. The van der Waals surface area contributed by atoms with Gasteiger partial charge in [-0.1, -0.05) is 169 Å². The van der Waals surface area contributed by atoms with E-state index in [1.807, 2.05) is 0 Å². The third kappa shape index (κ3) is 7.75. The summed E-state index contributed by atoms with van der Waals surface area (Å²) in [7, 11) is 0. The van der Waals surface area contributed by atoms with Crippen molar-refractivity contribution < 1.29 is 4.74 Å². The number of hydrogen-bond donors (Lipinski definition) is 0. The lowest BCUT2D eigenvalue weighted by Gasteiger charge is -2.31. The van der Waals surface area contributed by atoms with Gasteiger partial charge in [0.25, 0.3) is 0 Å². The lowest BCUT2D eigenvalue weighted by Crippen LogP contribution is -2.25. The molecule has 5 heteroatoms. The fraction of sp³-hybridized carbons (Fsp3) is 0.132. The number of para-hydroxylation sites is 2. The Morgan fingerprint density at radius 3 is 1.86 bits per heavy atom. The van der Waals surface area contributed by atoms with Gasteiger partial charge in [-0.15, -0.1) is 0 Å². The minimum absolute atomic E-state index is 0.0355. The van der Waals surface area contributed by atoms with E-state index in [9.17, 15) is 0 Å². The van der Waals surface area contributed by atoms with Crippen molar-refractivity contribution in [3.8, 4) is 73.1 Å². The number of fused-ring (bicyclic) bond motifs is 23. The average molecular weight is 945 g/mol. The lowest BCUT2D eigenvalue weighted by molar-refractivity contribution is 0.483. The lowest BCUT2D eigenvalue weighted by atomic mass is 9.80. The summed E-state index contributed by atoms with van der Waals surface area (Å²) >= 11 is 0. The Kier molecular flexibility index (Phi) is 10.3. The molecule has 0 N–H and O–H groups in total. The zero-order valence-corrected chi connectivity index (χ0v) is 42.2. The predicted molar refractivity (Wildman–Crippen MR) is 305 cm³/mol. The maximum Gasteiger partial charge on any atom is 0.138 e. The van der Waals surface area contributed by atoms with Gasteiger partial charge in [0.2, 0.25) is 0 Å². The van der Waals surface area contributed by atoms with E-state index in [4.69, 9.17) is 9.72 Å². The molecule has 5 nitrogen and oxygen atoms in total. The van der Waals surface area contributed by atoms with Crippen LogP contribution in [0.1, 0.15) is 52.7 Å². The topological polar surface area (TPSA) is 33.5 Å². The first-order chi connectivity index (χ1) is 35.4. The Labute approximate surface area is 428 Å².